The van der Waals surface area contributed by atoms with E-state index in [1.807, 2.05) is 15.7 Å². The van der Waals surface area contributed by atoms with Crippen LogP contribution in [0.3, 0.4) is 0 Å². The number of aliphatic hydroxyl groups excluding tert-OH is 1. The minimum absolute atomic E-state index is 0.120. The maximum atomic E-state index is 11.4. The molecule has 114 valence electrons. The Morgan fingerprint density at radius 3 is 2.70 bits per heavy atom. The predicted octanol–water partition coefficient (Wildman–Crippen LogP) is -0.661. The van der Waals surface area contributed by atoms with Crippen LogP contribution in [-0.2, 0) is 21.1 Å². The van der Waals surface area contributed by atoms with Crippen molar-refractivity contribution in [3.8, 4) is 0 Å². The van der Waals surface area contributed by atoms with Crippen LogP contribution in [0.1, 0.15) is 6.42 Å². The van der Waals surface area contributed by atoms with Crippen molar-refractivity contribution >= 4 is 9.84 Å². The van der Waals surface area contributed by atoms with Crippen molar-refractivity contribution in [2.24, 2.45) is 0 Å². The number of hydrogen-bond donors (Lipinski definition) is 1. The zero-order valence-corrected chi connectivity index (χ0v) is 12.2. The number of imidazole rings is 1. The Labute approximate surface area is 119 Å². The molecule has 1 aliphatic rings. The maximum absolute atomic E-state index is 11.4. The summed E-state index contributed by atoms with van der Waals surface area (Å²) in [5.74, 6) is 0.282. The van der Waals surface area contributed by atoms with E-state index >= 15 is 0 Å². The van der Waals surface area contributed by atoms with Gasteiger partial charge >= 0.3 is 0 Å². The number of aryl methyl sites for hydroxylation is 1. The van der Waals surface area contributed by atoms with Gasteiger partial charge in [-0.15, -0.1) is 0 Å². The monoisotopic (exact) mass is 303 g/mol. The van der Waals surface area contributed by atoms with E-state index in [1.165, 1.54) is 0 Å². The smallest absolute Gasteiger partial charge is 0.152 e. The summed E-state index contributed by atoms with van der Waals surface area (Å²) in [6.45, 7) is 2.06. The van der Waals surface area contributed by atoms with Crippen LogP contribution >= 0.6 is 0 Å². The van der Waals surface area contributed by atoms with Crippen molar-refractivity contribution in [1.82, 2.24) is 14.5 Å². The van der Waals surface area contributed by atoms with E-state index in [0.29, 0.717) is 19.7 Å². The predicted molar refractivity (Wildman–Crippen MR) is 73.9 cm³/mol. The van der Waals surface area contributed by atoms with Gasteiger partial charge in [-0.05, 0) is 6.42 Å². The molecular weight excluding hydrogens is 282 g/mol. The van der Waals surface area contributed by atoms with Crippen LogP contribution < -0.4 is 0 Å². The highest BCUT2D eigenvalue weighted by molar-refractivity contribution is 7.91. The summed E-state index contributed by atoms with van der Waals surface area (Å²) in [6.07, 6.45) is 5.77. The summed E-state index contributed by atoms with van der Waals surface area (Å²) in [4.78, 5) is 5.84. The number of aromatic nitrogens is 2. The van der Waals surface area contributed by atoms with Gasteiger partial charge in [0.15, 0.2) is 9.84 Å². The lowest BCUT2D eigenvalue weighted by Gasteiger charge is -2.33. The topological polar surface area (TPSA) is 84.7 Å². The molecule has 0 radical (unpaired) electrons. The highest BCUT2D eigenvalue weighted by Crippen LogP contribution is 2.09. The van der Waals surface area contributed by atoms with Crippen molar-refractivity contribution in [3.63, 3.8) is 0 Å². The molecule has 0 bridgehead atoms. The summed E-state index contributed by atoms with van der Waals surface area (Å²) >= 11 is 0. The molecular formula is C12H21N3O4S. The number of aliphatic hydroxyl groups is 1. The van der Waals surface area contributed by atoms with Gasteiger partial charge < -0.3 is 14.4 Å². The fourth-order valence-corrected chi connectivity index (χ4v) is 3.40. The van der Waals surface area contributed by atoms with E-state index in [2.05, 4.69) is 4.98 Å². The minimum atomic E-state index is -2.90. The van der Waals surface area contributed by atoms with Crippen LogP contribution in [-0.4, -0.2) is 72.0 Å². The number of ether oxygens (including phenoxy) is 1. The Morgan fingerprint density at radius 1 is 1.35 bits per heavy atom. The van der Waals surface area contributed by atoms with Crippen LogP contribution in [0.2, 0.25) is 0 Å². The van der Waals surface area contributed by atoms with Crippen LogP contribution in [0.5, 0.6) is 0 Å². The van der Waals surface area contributed by atoms with Gasteiger partial charge in [-0.2, -0.15) is 0 Å². The first-order valence-corrected chi connectivity index (χ1v) is 8.55. The molecule has 1 unspecified atom stereocenters. The Hall–Kier alpha value is -0.960. The van der Waals surface area contributed by atoms with Crippen molar-refractivity contribution < 1.29 is 18.3 Å². The fraction of sp³-hybridized carbons (Fsp3) is 0.750. The van der Waals surface area contributed by atoms with Crippen LogP contribution in [0.4, 0.5) is 0 Å². The molecule has 1 aliphatic heterocycles. The standard InChI is InChI=1S/C12H21N3O4S/c16-10-12(15-5-8-20(17,18)9-6-15)19-7-1-3-14-4-2-13-11-14/h2,4,11-12,16H,1,3,5-10H2. The zero-order valence-electron chi connectivity index (χ0n) is 11.4. The largest absolute Gasteiger partial charge is 0.392 e. The van der Waals surface area contributed by atoms with Crippen LogP contribution in [0, 0.1) is 0 Å². The molecule has 2 rings (SSSR count). The Kier molecular flexibility index (Phi) is 5.53. The van der Waals surface area contributed by atoms with E-state index < -0.39 is 16.1 Å². The average molecular weight is 303 g/mol. The molecule has 8 heteroatoms. The first kappa shape index (κ1) is 15.4. The number of rotatable bonds is 7. The van der Waals surface area contributed by atoms with Gasteiger partial charge in [-0.1, -0.05) is 0 Å². The number of nitrogens with zero attached hydrogens (tertiary/aromatic N) is 3. The van der Waals surface area contributed by atoms with Gasteiger partial charge in [0.2, 0.25) is 0 Å². The highest BCUT2D eigenvalue weighted by Gasteiger charge is 2.26. The molecule has 0 aliphatic carbocycles. The molecule has 2 heterocycles. The van der Waals surface area contributed by atoms with Crippen molar-refractivity contribution in [2.75, 3.05) is 37.8 Å². The Morgan fingerprint density at radius 2 is 2.10 bits per heavy atom. The lowest BCUT2D eigenvalue weighted by Crippen LogP contribution is -2.48. The molecule has 1 atom stereocenters. The third-order valence-corrected chi connectivity index (χ3v) is 4.98. The Balaban J connectivity index is 1.70. The highest BCUT2D eigenvalue weighted by atomic mass is 32.2. The molecule has 1 saturated heterocycles. The molecule has 20 heavy (non-hydrogen) atoms. The first-order valence-electron chi connectivity index (χ1n) is 6.73. The van der Waals surface area contributed by atoms with Gasteiger partial charge in [0, 0.05) is 32.0 Å². The minimum Gasteiger partial charge on any atom is -0.392 e. The molecule has 1 N–H and O–H groups in total. The summed E-state index contributed by atoms with van der Waals surface area (Å²) < 4.78 is 30.3. The SMILES string of the molecule is O=S1(=O)CCN(C(CO)OCCCn2ccnc2)CC1. The summed E-state index contributed by atoms with van der Waals surface area (Å²) in [5.41, 5.74) is 0. The average Bonchev–Trinajstić information content (AvgIpc) is 2.93. The van der Waals surface area contributed by atoms with Gasteiger partial charge in [-0.25, -0.2) is 13.4 Å². The molecule has 1 aromatic rings. The maximum Gasteiger partial charge on any atom is 0.152 e. The van der Waals surface area contributed by atoms with Crippen LogP contribution in [0.15, 0.2) is 18.7 Å². The molecule has 0 amide bonds. The molecule has 0 aromatic carbocycles. The molecule has 7 nitrogen and oxygen atoms in total. The van der Waals surface area contributed by atoms with E-state index in [9.17, 15) is 13.5 Å². The Bertz CT molecular complexity index is 475. The molecule has 0 saturated carbocycles. The quantitative estimate of drug-likeness (QED) is 0.673. The number of hydrogen-bond acceptors (Lipinski definition) is 6. The summed E-state index contributed by atoms with van der Waals surface area (Å²) in [6, 6.07) is 0. The van der Waals surface area contributed by atoms with Gasteiger partial charge in [-0.3, -0.25) is 4.90 Å². The second kappa shape index (κ2) is 7.16. The van der Waals surface area contributed by atoms with Crippen molar-refractivity contribution in [2.45, 2.75) is 19.2 Å². The first-order chi connectivity index (χ1) is 9.61. The van der Waals surface area contributed by atoms with E-state index in [-0.39, 0.29) is 18.1 Å². The van der Waals surface area contributed by atoms with Crippen molar-refractivity contribution in [1.29, 1.82) is 0 Å². The lowest BCUT2D eigenvalue weighted by molar-refractivity contribution is -0.0849. The fourth-order valence-electron chi connectivity index (χ4n) is 2.17. The zero-order chi connectivity index (χ0) is 14.4. The van der Waals surface area contributed by atoms with E-state index in [4.69, 9.17) is 4.74 Å². The molecule has 0 spiro atoms. The van der Waals surface area contributed by atoms with Gasteiger partial charge in [0.1, 0.15) is 6.23 Å². The van der Waals surface area contributed by atoms with Gasteiger partial charge in [0.25, 0.3) is 0 Å². The summed E-state index contributed by atoms with van der Waals surface area (Å²) in [7, 11) is -2.90. The van der Waals surface area contributed by atoms with E-state index in [0.717, 1.165) is 13.0 Å². The second-order valence-corrected chi connectivity index (χ2v) is 7.15. The molecule has 1 fully saturated rings. The normalized spacial score (nSPS) is 20.9. The third kappa shape index (κ3) is 4.55. The van der Waals surface area contributed by atoms with E-state index in [1.54, 1.807) is 12.5 Å². The molecule has 1 aromatic heterocycles. The second-order valence-electron chi connectivity index (χ2n) is 4.85. The van der Waals surface area contributed by atoms with Gasteiger partial charge in [0.05, 0.1) is 31.0 Å². The summed E-state index contributed by atoms with van der Waals surface area (Å²) in [5, 5.41) is 9.36. The van der Waals surface area contributed by atoms with Crippen molar-refractivity contribution in [3.05, 3.63) is 18.7 Å². The van der Waals surface area contributed by atoms with Crippen LogP contribution in [0.25, 0.3) is 0 Å². The lowest BCUT2D eigenvalue weighted by atomic mass is 10.4. The number of sulfone groups is 1. The third-order valence-electron chi connectivity index (χ3n) is 3.37.